The van der Waals surface area contributed by atoms with Crippen LogP contribution in [0, 0.1) is 0 Å². The lowest BCUT2D eigenvalue weighted by atomic mass is 10.2. The summed E-state index contributed by atoms with van der Waals surface area (Å²) in [6.07, 6.45) is 0. The maximum absolute atomic E-state index is 12.1. The monoisotopic (exact) mass is 350 g/mol. The lowest BCUT2D eigenvalue weighted by molar-refractivity contribution is 0.0944. The first-order valence-corrected chi connectivity index (χ1v) is 8.34. The summed E-state index contributed by atoms with van der Waals surface area (Å²) in [5.74, 6) is 0.870. The highest BCUT2D eigenvalue weighted by Crippen LogP contribution is 2.32. The summed E-state index contributed by atoms with van der Waals surface area (Å²) >= 11 is 0. The summed E-state index contributed by atoms with van der Waals surface area (Å²) in [7, 11) is -2.41. The number of hydrogen-bond acceptors (Lipinski definition) is 6. The van der Waals surface area contributed by atoms with Crippen LogP contribution in [0.2, 0.25) is 0 Å². The molecule has 0 atom stereocenters. The van der Waals surface area contributed by atoms with Crippen molar-refractivity contribution in [3.63, 3.8) is 0 Å². The molecular formula is C15H14N2O6S. The van der Waals surface area contributed by atoms with E-state index in [0.29, 0.717) is 17.2 Å². The van der Waals surface area contributed by atoms with Crippen LogP contribution in [-0.4, -0.2) is 28.2 Å². The third kappa shape index (κ3) is 3.26. The predicted octanol–water partition coefficient (Wildman–Crippen LogP) is 1.05. The van der Waals surface area contributed by atoms with Gasteiger partial charge in [0.1, 0.15) is 5.75 Å². The average Bonchev–Trinajstić information content (AvgIpc) is 3.07. The second-order valence-electron chi connectivity index (χ2n) is 4.80. The van der Waals surface area contributed by atoms with E-state index in [1.807, 2.05) is 4.83 Å². The highest BCUT2D eigenvalue weighted by molar-refractivity contribution is 7.89. The summed E-state index contributed by atoms with van der Waals surface area (Å²) in [4.78, 5) is 14.1. The lowest BCUT2D eigenvalue weighted by Gasteiger charge is -2.09. The molecule has 0 bridgehead atoms. The molecule has 0 radical (unpaired) electrons. The minimum Gasteiger partial charge on any atom is -0.497 e. The van der Waals surface area contributed by atoms with Crippen molar-refractivity contribution in [2.24, 2.45) is 0 Å². The molecule has 9 heteroatoms. The summed E-state index contributed by atoms with van der Waals surface area (Å²) in [6, 6.07) is 10.3. The first-order valence-electron chi connectivity index (χ1n) is 6.85. The van der Waals surface area contributed by atoms with Crippen LogP contribution in [0.3, 0.4) is 0 Å². The SMILES string of the molecule is COc1ccc(S(=O)(=O)NNC(=O)c2ccc3c(c2)OCO3)cc1. The summed E-state index contributed by atoms with van der Waals surface area (Å²) in [6.45, 7) is 0.0878. The topological polar surface area (TPSA) is 103 Å². The number of carbonyl (C=O) groups excluding carboxylic acids is 1. The number of methoxy groups -OCH3 is 1. The molecule has 1 heterocycles. The van der Waals surface area contributed by atoms with Gasteiger partial charge in [-0.1, -0.05) is 0 Å². The fraction of sp³-hybridized carbons (Fsp3) is 0.133. The molecule has 0 spiro atoms. The number of nitrogens with one attached hydrogen (secondary N) is 2. The van der Waals surface area contributed by atoms with Crippen molar-refractivity contribution in [2.45, 2.75) is 4.90 Å². The number of hydrazine groups is 1. The number of amides is 1. The van der Waals surface area contributed by atoms with Gasteiger partial charge in [0, 0.05) is 5.56 Å². The van der Waals surface area contributed by atoms with E-state index in [9.17, 15) is 13.2 Å². The Bertz CT molecular complexity index is 864. The Balaban J connectivity index is 1.68. The van der Waals surface area contributed by atoms with E-state index in [1.54, 1.807) is 6.07 Å². The highest BCUT2D eigenvalue weighted by Gasteiger charge is 2.18. The smallest absolute Gasteiger partial charge is 0.266 e. The second-order valence-corrected chi connectivity index (χ2v) is 6.49. The number of benzene rings is 2. The minimum absolute atomic E-state index is 0.00529. The molecule has 0 saturated carbocycles. The zero-order chi connectivity index (χ0) is 17.2. The molecule has 0 saturated heterocycles. The molecule has 1 aliphatic rings. The normalized spacial score (nSPS) is 12.7. The zero-order valence-electron chi connectivity index (χ0n) is 12.6. The van der Waals surface area contributed by atoms with Crippen LogP contribution in [0.15, 0.2) is 47.4 Å². The molecule has 126 valence electrons. The van der Waals surface area contributed by atoms with Crippen molar-refractivity contribution in [1.29, 1.82) is 0 Å². The van der Waals surface area contributed by atoms with Crippen molar-refractivity contribution in [1.82, 2.24) is 10.3 Å². The van der Waals surface area contributed by atoms with Crippen LogP contribution in [0.1, 0.15) is 10.4 Å². The van der Waals surface area contributed by atoms with Gasteiger partial charge in [0.05, 0.1) is 12.0 Å². The molecule has 2 N–H and O–H groups in total. The Hall–Kier alpha value is -2.78. The van der Waals surface area contributed by atoms with Crippen molar-refractivity contribution in [2.75, 3.05) is 13.9 Å². The largest absolute Gasteiger partial charge is 0.497 e. The molecular weight excluding hydrogens is 336 g/mol. The summed E-state index contributed by atoms with van der Waals surface area (Å²) < 4.78 is 39.6. The fourth-order valence-corrected chi connectivity index (χ4v) is 2.88. The molecule has 2 aromatic rings. The minimum atomic E-state index is -3.89. The van der Waals surface area contributed by atoms with Gasteiger partial charge in [-0.2, -0.15) is 0 Å². The highest BCUT2D eigenvalue weighted by atomic mass is 32.2. The fourth-order valence-electron chi connectivity index (χ4n) is 2.04. The van der Waals surface area contributed by atoms with Gasteiger partial charge in [0.15, 0.2) is 11.5 Å². The molecule has 0 fully saturated rings. The van der Waals surface area contributed by atoms with Crippen LogP contribution < -0.4 is 24.5 Å². The molecule has 0 unspecified atom stereocenters. The van der Waals surface area contributed by atoms with Gasteiger partial charge in [-0.15, -0.1) is 4.83 Å². The van der Waals surface area contributed by atoms with Crippen molar-refractivity contribution in [3.05, 3.63) is 48.0 Å². The number of sulfonamides is 1. The molecule has 8 nitrogen and oxygen atoms in total. The van der Waals surface area contributed by atoms with Crippen molar-refractivity contribution >= 4 is 15.9 Å². The lowest BCUT2D eigenvalue weighted by Crippen LogP contribution is -2.41. The van der Waals surface area contributed by atoms with E-state index in [-0.39, 0.29) is 17.3 Å². The molecule has 2 aromatic carbocycles. The van der Waals surface area contributed by atoms with Gasteiger partial charge in [-0.25, -0.2) is 8.42 Å². The van der Waals surface area contributed by atoms with E-state index in [4.69, 9.17) is 14.2 Å². The van der Waals surface area contributed by atoms with Gasteiger partial charge < -0.3 is 14.2 Å². The van der Waals surface area contributed by atoms with Crippen LogP contribution in [0.5, 0.6) is 17.2 Å². The first kappa shape index (κ1) is 16.1. The number of rotatable bonds is 5. The van der Waals surface area contributed by atoms with Crippen molar-refractivity contribution in [3.8, 4) is 17.2 Å². The maximum atomic E-state index is 12.1. The molecule has 1 aliphatic heterocycles. The van der Waals surface area contributed by atoms with Crippen molar-refractivity contribution < 1.29 is 27.4 Å². The summed E-state index contributed by atoms with van der Waals surface area (Å²) in [5, 5.41) is 0. The van der Waals surface area contributed by atoms with Crippen LogP contribution in [0.4, 0.5) is 0 Å². The van der Waals surface area contributed by atoms with Gasteiger partial charge in [0.2, 0.25) is 6.79 Å². The maximum Gasteiger partial charge on any atom is 0.266 e. The van der Waals surface area contributed by atoms with E-state index in [0.717, 1.165) is 0 Å². The van der Waals surface area contributed by atoms with Gasteiger partial charge in [-0.05, 0) is 42.5 Å². The Morgan fingerprint density at radius 3 is 2.50 bits per heavy atom. The number of ether oxygens (including phenoxy) is 3. The van der Waals surface area contributed by atoms with Gasteiger partial charge in [-0.3, -0.25) is 10.2 Å². The van der Waals surface area contributed by atoms with Crippen LogP contribution >= 0.6 is 0 Å². The molecule has 24 heavy (non-hydrogen) atoms. The van der Waals surface area contributed by atoms with Crippen LogP contribution in [0.25, 0.3) is 0 Å². The Morgan fingerprint density at radius 2 is 1.79 bits per heavy atom. The number of carbonyl (C=O) groups is 1. The molecule has 0 aliphatic carbocycles. The zero-order valence-corrected chi connectivity index (χ0v) is 13.4. The van der Waals surface area contributed by atoms with Crippen LogP contribution in [-0.2, 0) is 10.0 Å². The van der Waals surface area contributed by atoms with Gasteiger partial charge in [0.25, 0.3) is 15.9 Å². The third-order valence-electron chi connectivity index (χ3n) is 3.30. The molecule has 0 aromatic heterocycles. The average molecular weight is 350 g/mol. The third-order valence-corrected chi connectivity index (χ3v) is 4.57. The van der Waals surface area contributed by atoms with E-state index >= 15 is 0 Å². The Morgan fingerprint density at radius 1 is 1.08 bits per heavy atom. The molecule has 1 amide bonds. The van der Waals surface area contributed by atoms with E-state index in [1.165, 1.54) is 43.5 Å². The predicted molar refractivity (Wildman–Crippen MR) is 83.3 cm³/mol. The molecule has 3 rings (SSSR count). The standard InChI is InChI=1S/C15H14N2O6S/c1-21-11-3-5-12(6-4-11)24(19,20)17-16-15(18)10-2-7-13-14(8-10)23-9-22-13/h2-8,17H,9H2,1H3,(H,16,18). The Kier molecular flexibility index (Phi) is 4.28. The number of fused-ring (bicyclic) bond motifs is 1. The van der Waals surface area contributed by atoms with Gasteiger partial charge >= 0.3 is 0 Å². The number of hydrogen-bond donors (Lipinski definition) is 2. The second kappa shape index (κ2) is 6.38. The first-order chi connectivity index (χ1) is 11.5. The van der Waals surface area contributed by atoms with E-state index < -0.39 is 15.9 Å². The van der Waals surface area contributed by atoms with E-state index in [2.05, 4.69) is 5.43 Å². The summed E-state index contributed by atoms with van der Waals surface area (Å²) in [5.41, 5.74) is 2.39. The quantitative estimate of drug-likeness (QED) is 0.781. The Labute approximate surface area is 138 Å².